The van der Waals surface area contributed by atoms with E-state index >= 15 is 0 Å². The van der Waals surface area contributed by atoms with Crippen LogP contribution in [0.3, 0.4) is 0 Å². The Labute approximate surface area is 137 Å². The molecule has 1 amide bonds. The highest BCUT2D eigenvalue weighted by molar-refractivity contribution is 7.89. The molecule has 128 valence electrons. The maximum atomic E-state index is 12.8. The van der Waals surface area contributed by atoms with Gasteiger partial charge in [-0.25, -0.2) is 13.1 Å². The number of carbonyl (C=O) groups is 1. The molecule has 1 aromatic carbocycles. The van der Waals surface area contributed by atoms with Gasteiger partial charge in [-0.05, 0) is 45.0 Å². The fraction of sp³-hybridized carbons (Fsp3) is 0.562. The molecule has 1 fully saturated rings. The van der Waals surface area contributed by atoms with E-state index in [0.29, 0.717) is 31.2 Å². The monoisotopic (exact) mass is 340 g/mol. The smallest absolute Gasteiger partial charge is 0.254 e. The number of benzene rings is 1. The maximum absolute atomic E-state index is 12.8. The van der Waals surface area contributed by atoms with Gasteiger partial charge in [0.25, 0.3) is 5.91 Å². The van der Waals surface area contributed by atoms with Crippen LogP contribution in [0.5, 0.6) is 0 Å². The van der Waals surface area contributed by atoms with Crippen molar-refractivity contribution >= 4 is 15.9 Å². The molecule has 23 heavy (non-hydrogen) atoms. The summed E-state index contributed by atoms with van der Waals surface area (Å²) in [6.07, 6.45) is 0.955. The molecule has 0 aromatic heterocycles. The topological polar surface area (TPSA) is 75.7 Å². The molecule has 2 rings (SSSR count). The van der Waals surface area contributed by atoms with E-state index < -0.39 is 10.0 Å². The summed E-state index contributed by atoms with van der Waals surface area (Å²) in [5.41, 5.74) is 1.20. The number of ether oxygens (including phenoxy) is 1. The molecule has 6 nitrogen and oxygen atoms in total. The first-order valence-electron chi connectivity index (χ1n) is 7.80. The van der Waals surface area contributed by atoms with Crippen LogP contribution in [0.25, 0.3) is 0 Å². The number of amides is 1. The van der Waals surface area contributed by atoms with Gasteiger partial charge in [0.2, 0.25) is 10.0 Å². The molecular weight excluding hydrogens is 316 g/mol. The van der Waals surface area contributed by atoms with E-state index in [4.69, 9.17) is 4.74 Å². The van der Waals surface area contributed by atoms with E-state index in [-0.39, 0.29) is 10.8 Å². The van der Waals surface area contributed by atoms with Gasteiger partial charge in [0, 0.05) is 31.2 Å². The summed E-state index contributed by atoms with van der Waals surface area (Å²) in [6.45, 7) is 6.38. The second-order valence-corrected chi connectivity index (χ2v) is 7.64. The third-order valence-corrected chi connectivity index (χ3v) is 5.60. The zero-order valence-corrected chi connectivity index (χ0v) is 14.6. The standard InChI is InChI=1S/C16H24N2O4S/c1-4-18(10-13-7-8-22-11-13)16(19)15-9-14(6-5-12(15)2)23(20,21)17-3/h5-6,9,13,17H,4,7-8,10-11H2,1-3H3/t13-/m0/s1. The van der Waals surface area contributed by atoms with E-state index in [2.05, 4.69) is 4.72 Å². The number of sulfonamides is 1. The van der Waals surface area contributed by atoms with Gasteiger partial charge >= 0.3 is 0 Å². The van der Waals surface area contributed by atoms with Gasteiger partial charge in [0.05, 0.1) is 11.5 Å². The van der Waals surface area contributed by atoms with Gasteiger partial charge in [0.1, 0.15) is 0 Å². The molecule has 1 aromatic rings. The number of hydrogen-bond donors (Lipinski definition) is 1. The van der Waals surface area contributed by atoms with Crippen LogP contribution in [0.2, 0.25) is 0 Å². The van der Waals surface area contributed by atoms with Crippen LogP contribution >= 0.6 is 0 Å². The molecule has 1 heterocycles. The summed E-state index contributed by atoms with van der Waals surface area (Å²) >= 11 is 0. The first kappa shape index (κ1) is 17.9. The predicted octanol–water partition coefficient (Wildman–Crippen LogP) is 1.40. The van der Waals surface area contributed by atoms with Crippen LogP contribution in [0, 0.1) is 12.8 Å². The first-order valence-corrected chi connectivity index (χ1v) is 9.28. The quantitative estimate of drug-likeness (QED) is 0.849. The summed E-state index contributed by atoms with van der Waals surface area (Å²) in [5, 5.41) is 0. The van der Waals surface area contributed by atoms with Gasteiger partial charge < -0.3 is 9.64 Å². The highest BCUT2D eigenvalue weighted by atomic mass is 32.2. The van der Waals surface area contributed by atoms with E-state index in [1.807, 2.05) is 13.8 Å². The SMILES string of the molecule is CCN(C[C@@H]1CCOC1)C(=O)c1cc(S(=O)(=O)NC)ccc1C. The van der Waals surface area contributed by atoms with Gasteiger partial charge in [-0.2, -0.15) is 0 Å². The molecular formula is C16H24N2O4S. The lowest BCUT2D eigenvalue weighted by molar-refractivity contribution is 0.0730. The van der Waals surface area contributed by atoms with Crippen LogP contribution in [-0.2, 0) is 14.8 Å². The van der Waals surface area contributed by atoms with Gasteiger partial charge in [-0.3, -0.25) is 4.79 Å². The average molecular weight is 340 g/mol. The van der Waals surface area contributed by atoms with Crippen LogP contribution in [0.4, 0.5) is 0 Å². The van der Waals surface area contributed by atoms with E-state index in [9.17, 15) is 13.2 Å². The first-order chi connectivity index (χ1) is 10.9. The lowest BCUT2D eigenvalue weighted by Gasteiger charge is -2.24. The zero-order valence-electron chi connectivity index (χ0n) is 13.8. The molecule has 1 saturated heterocycles. The molecule has 0 unspecified atom stereocenters. The summed E-state index contributed by atoms with van der Waals surface area (Å²) in [6, 6.07) is 4.64. The Kier molecular flexibility index (Phi) is 5.78. The molecule has 0 aliphatic carbocycles. The van der Waals surface area contributed by atoms with Crippen molar-refractivity contribution in [1.82, 2.24) is 9.62 Å². The minimum atomic E-state index is -3.57. The van der Waals surface area contributed by atoms with Crippen molar-refractivity contribution in [3.05, 3.63) is 29.3 Å². The second-order valence-electron chi connectivity index (χ2n) is 5.76. The molecule has 0 bridgehead atoms. The lowest BCUT2D eigenvalue weighted by Crippen LogP contribution is -2.36. The Morgan fingerprint density at radius 3 is 2.74 bits per heavy atom. The third-order valence-electron chi connectivity index (χ3n) is 4.19. The molecule has 0 saturated carbocycles. The normalized spacial score (nSPS) is 18.1. The van der Waals surface area contributed by atoms with Crippen molar-refractivity contribution < 1.29 is 17.9 Å². The number of carbonyl (C=O) groups excluding carboxylic acids is 1. The lowest BCUT2D eigenvalue weighted by atomic mass is 10.1. The number of aryl methyl sites for hydroxylation is 1. The van der Waals surface area contributed by atoms with Gasteiger partial charge in [-0.1, -0.05) is 6.07 Å². The maximum Gasteiger partial charge on any atom is 0.254 e. The predicted molar refractivity (Wildman–Crippen MR) is 87.9 cm³/mol. The number of rotatable bonds is 6. The Morgan fingerprint density at radius 1 is 1.43 bits per heavy atom. The minimum absolute atomic E-state index is 0.106. The van der Waals surface area contributed by atoms with Crippen LogP contribution in [0.1, 0.15) is 29.3 Å². The molecule has 7 heteroatoms. The van der Waals surface area contributed by atoms with Crippen molar-refractivity contribution in [2.45, 2.75) is 25.2 Å². The summed E-state index contributed by atoms with van der Waals surface area (Å²) < 4.78 is 31.5. The minimum Gasteiger partial charge on any atom is -0.381 e. The van der Waals surface area contributed by atoms with Crippen molar-refractivity contribution in [2.75, 3.05) is 33.4 Å². The number of nitrogens with zero attached hydrogens (tertiary/aromatic N) is 1. The Balaban J connectivity index is 2.27. The highest BCUT2D eigenvalue weighted by Crippen LogP contribution is 2.20. The Bertz CT molecular complexity index is 667. The average Bonchev–Trinajstić information content (AvgIpc) is 3.05. The highest BCUT2D eigenvalue weighted by Gasteiger charge is 2.24. The second kappa shape index (κ2) is 7.42. The fourth-order valence-corrected chi connectivity index (χ4v) is 3.44. The van der Waals surface area contributed by atoms with Crippen molar-refractivity contribution in [3.63, 3.8) is 0 Å². The molecule has 1 atom stereocenters. The molecule has 1 aliphatic heterocycles. The summed E-state index contributed by atoms with van der Waals surface area (Å²) in [4.78, 5) is 14.7. The van der Waals surface area contributed by atoms with Crippen LogP contribution < -0.4 is 4.72 Å². The van der Waals surface area contributed by atoms with Crippen molar-refractivity contribution in [1.29, 1.82) is 0 Å². The molecule has 0 spiro atoms. The third kappa shape index (κ3) is 4.10. The number of hydrogen-bond acceptors (Lipinski definition) is 4. The van der Waals surface area contributed by atoms with E-state index in [1.54, 1.807) is 11.0 Å². The van der Waals surface area contributed by atoms with Crippen LogP contribution in [-0.4, -0.2) is 52.6 Å². The van der Waals surface area contributed by atoms with Crippen LogP contribution in [0.15, 0.2) is 23.1 Å². The van der Waals surface area contributed by atoms with E-state index in [1.165, 1.54) is 19.2 Å². The number of nitrogens with one attached hydrogen (secondary N) is 1. The van der Waals surface area contributed by atoms with Gasteiger partial charge in [0.15, 0.2) is 0 Å². The molecule has 1 aliphatic rings. The zero-order chi connectivity index (χ0) is 17.0. The largest absolute Gasteiger partial charge is 0.381 e. The Morgan fingerprint density at radius 2 is 2.17 bits per heavy atom. The van der Waals surface area contributed by atoms with Crippen molar-refractivity contribution in [3.8, 4) is 0 Å². The Hall–Kier alpha value is -1.44. The summed E-state index contributed by atoms with van der Waals surface area (Å²) in [7, 11) is -2.21. The summed E-state index contributed by atoms with van der Waals surface area (Å²) in [5.74, 6) is 0.216. The molecule has 0 radical (unpaired) electrons. The van der Waals surface area contributed by atoms with E-state index in [0.717, 1.165) is 18.6 Å². The fourth-order valence-electron chi connectivity index (χ4n) is 2.68. The van der Waals surface area contributed by atoms with Gasteiger partial charge in [-0.15, -0.1) is 0 Å². The van der Waals surface area contributed by atoms with Crippen molar-refractivity contribution in [2.24, 2.45) is 5.92 Å². The molecule has 1 N–H and O–H groups in total.